The highest BCUT2D eigenvalue weighted by Crippen LogP contribution is 2.46. The van der Waals surface area contributed by atoms with Gasteiger partial charge in [0, 0.05) is 36.1 Å². The summed E-state index contributed by atoms with van der Waals surface area (Å²) < 4.78 is 7.42. The third-order valence-electron chi connectivity index (χ3n) is 4.37. The first-order valence-electron chi connectivity index (χ1n) is 7.07. The molecule has 1 saturated heterocycles. The van der Waals surface area contributed by atoms with Gasteiger partial charge in [-0.1, -0.05) is 18.2 Å². The largest absolute Gasteiger partial charge is 0.459 e. The smallest absolute Gasteiger partial charge is 0.324 e. The first-order chi connectivity index (χ1) is 9.78. The topological polar surface area (TPSA) is 48.3 Å². The highest BCUT2D eigenvalue weighted by atomic mass is 16.6. The highest BCUT2D eigenvalue weighted by molar-refractivity contribution is 6.13. The molecule has 0 radical (unpaired) electrons. The van der Waals surface area contributed by atoms with E-state index in [2.05, 4.69) is 0 Å². The van der Waals surface area contributed by atoms with E-state index in [1.807, 2.05) is 55.9 Å². The summed E-state index contributed by atoms with van der Waals surface area (Å²) in [5, 5.41) is 0.935. The zero-order chi connectivity index (χ0) is 15.4. The van der Waals surface area contributed by atoms with Gasteiger partial charge >= 0.3 is 5.97 Å². The Morgan fingerprint density at radius 2 is 1.95 bits per heavy atom. The number of cyclic esters (lactones) is 1. The average Bonchev–Trinajstić information content (AvgIpc) is 2.85. The van der Waals surface area contributed by atoms with Crippen molar-refractivity contribution in [1.82, 2.24) is 4.57 Å². The van der Waals surface area contributed by atoms with Crippen molar-refractivity contribution in [3.63, 3.8) is 0 Å². The molecule has 4 nitrogen and oxygen atoms in total. The number of Topliss-reactive ketones (excluding diaryl/α,β-unsaturated/α-hetero) is 1. The van der Waals surface area contributed by atoms with Crippen LogP contribution in [0.15, 0.2) is 30.5 Å². The Hall–Kier alpha value is -2.10. The van der Waals surface area contributed by atoms with Gasteiger partial charge in [-0.3, -0.25) is 9.59 Å². The molecule has 21 heavy (non-hydrogen) atoms. The third-order valence-corrected chi connectivity index (χ3v) is 4.37. The van der Waals surface area contributed by atoms with E-state index in [1.165, 1.54) is 6.92 Å². The highest BCUT2D eigenvalue weighted by Gasteiger charge is 2.58. The summed E-state index contributed by atoms with van der Waals surface area (Å²) in [6.07, 6.45) is 2.26. The molecule has 1 atom stereocenters. The second-order valence-electron chi connectivity index (χ2n) is 6.46. The van der Waals surface area contributed by atoms with E-state index in [-0.39, 0.29) is 5.78 Å². The maximum Gasteiger partial charge on any atom is 0.324 e. The number of aromatic nitrogens is 1. The van der Waals surface area contributed by atoms with E-state index in [9.17, 15) is 9.59 Å². The number of benzene rings is 1. The summed E-state index contributed by atoms with van der Waals surface area (Å²) >= 11 is 0. The van der Waals surface area contributed by atoms with Gasteiger partial charge in [-0.25, -0.2) is 0 Å². The first-order valence-corrected chi connectivity index (χ1v) is 7.07. The fourth-order valence-electron chi connectivity index (χ4n) is 3.43. The van der Waals surface area contributed by atoms with Gasteiger partial charge in [0.25, 0.3) is 0 Å². The number of carbonyl (C=O) groups is 2. The average molecular weight is 285 g/mol. The lowest BCUT2D eigenvalue weighted by atomic mass is 9.73. The summed E-state index contributed by atoms with van der Waals surface area (Å²) in [5.74, 6) is -0.592. The molecule has 1 aliphatic heterocycles. The Labute approximate surface area is 123 Å². The molecule has 2 aromatic rings. The van der Waals surface area contributed by atoms with Crippen LogP contribution in [0.5, 0.6) is 0 Å². The van der Waals surface area contributed by atoms with Crippen molar-refractivity contribution in [3.8, 4) is 0 Å². The Kier molecular flexibility index (Phi) is 2.77. The van der Waals surface area contributed by atoms with Crippen LogP contribution in [0.4, 0.5) is 0 Å². The zero-order valence-electron chi connectivity index (χ0n) is 12.8. The monoisotopic (exact) mass is 285 g/mol. The van der Waals surface area contributed by atoms with Gasteiger partial charge in [0.2, 0.25) is 0 Å². The molecule has 1 fully saturated rings. The fraction of sp³-hybridized carbons (Fsp3) is 0.412. The molecule has 0 unspecified atom stereocenters. The maximum absolute atomic E-state index is 12.6. The van der Waals surface area contributed by atoms with Crippen LogP contribution < -0.4 is 0 Å². The summed E-state index contributed by atoms with van der Waals surface area (Å²) in [5.41, 5.74) is -0.0568. The Bertz CT molecular complexity index is 756. The van der Waals surface area contributed by atoms with E-state index < -0.39 is 17.0 Å². The number of ether oxygens (including phenoxy) is 1. The molecule has 110 valence electrons. The molecule has 1 aliphatic rings. The fourth-order valence-corrected chi connectivity index (χ4v) is 3.43. The number of esters is 1. The molecular formula is C17H19NO3. The Balaban J connectivity index is 2.32. The molecule has 0 bridgehead atoms. The van der Waals surface area contributed by atoms with E-state index >= 15 is 0 Å². The second kappa shape index (κ2) is 4.20. The quantitative estimate of drug-likeness (QED) is 0.629. The van der Waals surface area contributed by atoms with Gasteiger partial charge in [-0.05, 0) is 26.8 Å². The number of hydrogen-bond donors (Lipinski definition) is 0. The number of carbonyl (C=O) groups excluding carboxylic acids is 2. The van der Waals surface area contributed by atoms with Crippen LogP contribution >= 0.6 is 0 Å². The van der Waals surface area contributed by atoms with E-state index in [0.29, 0.717) is 6.42 Å². The van der Waals surface area contributed by atoms with Crippen molar-refractivity contribution < 1.29 is 14.3 Å². The van der Waals surface area contributed by atoms with Crippen LogP contribution in [0.2, 0.25) is 0 Å². The van der Waals surface area contributed by atoms with Crippen molar-refractivity contribution in [3.05, 3.63) is 36.0 Å². The van der Waals surface area contributed by atoms with Crippen molar-refractivity contribution in [2.24, 2.45) is 7.05 Å². The van der Waals surface area contributed by atoms with Gasteiger partial charge in [0.05, 0.1) is 0 Å². The maximum atomic E-state index is 12.6. The number of fused-ring (bicyclic) bond motifs is 1. The standard InChI is InChI=1S/C17H19NO3/c1-11(19)17(10-16(2,3)21-15(17)20)13-9-18(4)14-8-6-5-7-12(13)14/h5-9H,10H2,1-4H3/t17-/m0/s1. The van der Waals surface area contributed by atoms with Gasteiger partial charge in [-0.2, -0.15) is 0 Å². The van der Waals surface area contributed by atoms with Crippen molar-refractivity contribution in [1.29, 1.82) is 0 Å². The number of rotatable bonds is 2. The number of ketones is 1. The summed E-state index contributed by atoms with van der Waals surface area (Å²) in [7, 11) is 1.92. The number of nitrogens with zero attached hydrogens (tertiary/aromatic N) is 1. The molecular weight excluding hydrogens is 266 g/mol. The Morgan fingerprint density at radius 1 is 1.29 bits per heavy atom. The predicted octanol–water partition coefficient (Wildman–Crippen LogP) is 2.73. The minimum atomic E-state index is -1.19. The third kappa shape index (κ3) is 1.82. The molecule has 0 amide bonds. The summed E-state index contributed by atoms with van der Waals surface area (Å²) in [6, 6.07) is 7.81. The second-order valence-corrected chi connectivity index (χ2v) is 6.46. The number of aryl methyl sites for hydroxylation is 1. The molecule has 0 saturated carbocycles. The van der Waals surface area contributed by atoms with Crippen molar-refractivity contribution in [2.45, 2.75) is 38.2 Å². The van der Waals surface area contributed by atoms with E-state index in [0.717, 1.165) is 16.5 Å². The first kappa shape index (κ1) is 13.9. The molecule has 1 aromatic carbocycles. The van der Waals surface area contributed by atoms with Crippen LogP contribution in [0.25, 0.3) is 10.9 Å². The van der Waals surface area contributed by atoms with Crippen molar-refractivity contribution >= 4 is 22.7 Å². The van der Waals surface area contributed by atoms with Crippen molar-refractivity contribution in [2.75, 3.05) is 0 Å². The summed E-state index contributed by atoms with van der Waals surface area (Å²) in [4.78, 5) is 25.0. The van der Waals surface area contributed by atoms with Crippen LogP contribution in [0.1, 0.15) is 32.8 Å². The molecule has 0 N–H and O–H groups in total. The lowest BCUT2D eigenvalue weighted by Gasteiger charge is -2.22. The van der Waals surface area contributed by atoms with Crippen LogP contribution in [0.3, 0.4) is 0 Å². The zero-order valence-corrected chi connectivity index (χ0v) is 12.8. The normalized spacial score (nSPS) is 24.3. The predicted molar refractivity (Wildman–Crippen MR) is 80.1 cm³/mol. The molecule has 0 aliphatic carbocycles. The molecule has 2 heterocycles. The van der Waals surface area contributed by atoms with Gasteiger partial charge in [0.15, 0.2) is 11.2 Å². The molecule has 3 rings (SSSR count). The minimum absolute atomic E-state index is 0.158. The minimum Gasteiger partial charge on any atom is -0.459 e. The van der Waals surface area contributed by atoms with Gasteiger partial charge in [0.1, 0.15) is 5.60 Å². The summed E-state index contributed by atoms with van der Waals surface area (Å²) in [6.45, 7) is 5.17. The Morgan fingerprint density at radius 3 is 2.52 bits per heavy atom. The number of para-hydroxylation sites is 1. The van der Waals surface area contributed by atoms with Gasteiger partial charge in [-0.15, -0.1) is 0 Å². The molecule has 1 aromatic heterocycles. The van der Waals surface area contributed by atoms with E-state index in [1.54, 1.807) is 0 Å². The molecule has 4 heteroatoms. The lowest BCUT2D eigenvalue weighted by Crippen LogP contribution is -2.39. The molecule has 0 spiro atoms. The lowest BCUT2D eigenvalue weighted by molar-refractivity contribution is -0.151. The van der Waals surface area contributed by atoms with Crippen LogP contribution in [-0.2, 0) is 26.8 Å². The number of hydrogen-bond acceptors (Lipinski definition) is 3. The van der Waals surface area contributed by atoms with E-state index in [4.69, 9.17) is 4.74 Å². The van der Waals surface area contributed by atoms with Gasteiger partial charge < -0.3 is 9.30 Å². The van der Waals surface area contributed by atoms with Crippen LogP contribution in [-0.4, -0.2) is 21.9 Å². The van der Waals surface area contributed by atoms with Crippen LogP contribution in [0, 0.1) is 0 Å². The SMILES string of the molecule is CC(=O)[C@]1(c2cn(C)c3ccccc23)CC(C)(C)OC1=O.